The first-order valence-electron chi connectivity index (χ1n) is 5.46. The zero-order valence-corrected chi connectivity index (χ0v) is 9.58. The smallest absolute Gasteiger partial charge is 0.349 e. The fraction of sp³-hybridized carbons (Fsp3) is 0.818. The molecule has 0 unspecified atom stereocenters. The molecule has 2 atom stereocenters. The van der Waals surface area contributed by atoms with Crippen LogP contribution >= 0.6 is 0 Å². The van der Waals surface area contributed by atoms with Gasteiger partial charge in [0.15, 0.2) is 5.78 Å². The summed E-state index contributed by atoms with van der Waals surface area (Å²) in [6.07, 6.45) is 1.48. The molecule has 0 spiro atoms. The van der Waals surface area contributed by atoms with Crippen LogP contribution < -0.4 is 0 Å². The second-order valence-electron chi connectivity index (χ2n) is 4.38. The van der Waals surface area contributed by atoms with Crippen LogP contribution in [0.3, 0.4) is 0 Å². The van der Waals surface area contributed by atoms with E-state index in [1.54, 1.807) is 6.92 Å². The fourth-order valence-corrected chi connectivity index (χ4v) is 2.52. The number of methoxy groups -OCH3 is 1. The third-order valence-corrected chi connectivity index (χ3v) is 3.47. The topological polar surface area (TPSA) is 61.8 Å². The molecule has 0 N–H and O–H groups in total. The van der Waals surface area contributed by atoms with Gasteiger partial charge in [-0.1, -0.05) is 0 Å². The van der Waals surface area contributed by atoms with Crippen LogP contribution in [-0.4, -0.2) is 43.3 Å². The Balaban J connectivity index is 2.46. The lowest BCUT2D eigenvalue weighted by Crippen LogP contribution is -2.60. The van der Waals surface area contributed by atoms with E-state index in [0.717, 1.165) is 0 Å². The van der Waals surface area contributed by atoms with E-state index in [4.69, 9.17) is 14.2 Å². The Kier molecular flexibility index (Phi) is 2.75. The number of Topliss-reactive ketones (excluding diaryl/α,β-unsaturated/α-hetero) is 1. The van der Waals surface area contributed by atoms with Crippen molar-refractivity contribution in [3.63, 3.8) is 0 Å². The highest BCUT2D eigenvalue weighted by molar-refractivity contribution is 6.10. The second kappa shape index (κ2) is 3.82. The van der Waals surface area contributed by atoms with Crippen LogP contribution in [0, 0.1) is 0 Å². The van der Waals surface area contributed by atoms with Gasteiger partial charge in [-0.2, -0.15) is 0 Å². The number of ether oxygens (including phenoxy) is 3. The summed E-state index contributed by atoms with van der Waals surface area (Å²) in [5, 5.41) is 0. The first kappa shape index (κ1) is 11.5. The van der Waals surface area contributed by atoms with E-state index in [2.05, 4.69) is 0 Å². The summed E-state index contributed by atoms with van der Waals surface area (Å²) >= 11 is 0. The summed E-state index contributed by atoms with van der Waals surface area (Å²) < 4.78 is 15.9. The lowest BCUT2D eigenvalue weighted by atomic mass is 9.86. The largest absolute Gasteiger partial charge is 0.466 e. The number of hydrogen-bond acceptors (Lipinski definition) is 5. The van der Waals surface area contributed by atoms with E-state index >= 15 is 0 Å². The molecule has 0 amide bonds. The monoisotopic (exact) mass is 228 g/mol. The van der Waals surface area contributed by atoms with Gasteiger partial charge in [0.1, 0.15) is 5.60 Å². The van der Waals surface area contributed by atoms with E-state index < -0.39 is 17.2 Å². The molecule has 90 valence electrons. The molecule has 2 aliphatic rings. The minimum absolute atomic E-state index is 0.233. The van der Waals surface area contributed by atoms with Gasteiger partial charge in [-0.3, -0.25) is 4.79 Å². The van der Waals surface area contributed by atoms with Crippen LogP contribution in [0.5, 0.6) is 0 Å². The molecule has 0 aromatic heterocycles. The molecular formula is C11H16O5. The van der Waals surface area contributed by atoms with Gasteiger partial charge >= 0.3 is 5.97 Å². The summed E-state index contributed by atoms with van der Waals surface area (Å²) in [7, 11) is 1.26. The number of hydrogen-bond donors (Lipinski definition) is 0. The molecule has 0 radical (unpaired) electrons. The van der Waals surface area contributed by atoms with Crippen LogP contribution in [0.2, 0.25) is 0 Å². The minimum atomic E-state index is -1.54. The zero-order chi connectivity index (χ0) is 11.8. The number of rotatable bonds is 1. The quantitative estimate of drug-likeness (QED) is 0.482. The molecule has 5 nitrogen and oxygen atoms in total. The number of esters is 1. The van der Waals surface area contributed by atoms with E-state index in [1.165, 1.54) is 7.11 Å². The summed E-state index contributed by atoms with van der Waals surface area (Å²) in [6, 6.07) is 0. The van der Waals surface area contributed by atoms with Crippen LogP contribution in [0.15, 0.2) is 0 Å². The maximum Gasteiger partial charge on any atom is 0.349 e. The Morgan fingerprint density at radius 2 is 2.06 bits per heavy atom. The van der Waals surface area contributed by atoms with Gasteiger partial charge in [-0.25, -0.2) is 4.79 Å². The molecule has 1 aliphatic carbocycles. The highest BCUT2D eigenvalue weighted by Gasteiger charge is 2.66. The lowest BCUT2D eigenvalue weighted by Gasteiger charge is -2.37. The summed E-state index contributed by atoms with van der Waals surface area (Å²) in [5.74, 6) is -0.872. The first-order valence-corrected chi connectivity index (χ1v) is 5.46. The van der Waals surface area contributed by atoms with Gasteiger partial charge in [0.25, 0.3) is 5.60 Å². The average molecular weight is 228 g/mol. The van der Waals surface area contributed by atoms with Crippen molar-refractivity contribution in [2.45, 2.75) is 37.4 Å². The van der Waals surface area contributed by atoms with Crippen LogP contribution in [-0.2, 0) is 23.8 Å². The lowest BCUT2D eigenvalue weighted by molar-refractivity contribution is -0.197. The number of carbonyl (C=O) groups is 2. The standard InChI is InChI=1S/C11H16O5/c1-10-5-4-8(12)11(10,9(13)14-2)16-7-3-6-15-10/h3-7H2,1-2H3/t10-,11-/m0/s1. The normalized spacial score (nSPS) is 39.0. The number of carbonyl (C=O) groups excluding carboxylic acids is 2. The van der Waals surface area contributed by atoms with Crippen molar-refractivity contribution in [3.8, 4) is 0 Å². The van der Waals surface area contributed by atoms with Crippen molar-refractivity contribution >= 4 is 11.8 Å². The molecule has 2 rings (SSSR count). The summed E-state index contributed by atoms with van der Waals surface area (Å²) in [4.78, 5) is 23.9. The van der Waals surface area contributed by atoms with Gasteiger partial charge in [-0.05, 0) is 19.8 Å². The van der Waals surface area contributed by atoms with Crippen LogP contribution in [0.4, 0.5) is 0 Å². The van der Waals surface area contributed by atoms with Crippen molar-refractivity contribution in [2.24, 2.45) is 0 Å². The molecular weight excluding hydrogens is 212 g/mol. The molecule has 5 heteroatoms. The maximum atomic E-state index is 12.0. The number of fused-ring (bicyclic) bond motifs is 1. The van der Waals surface area contributed by atoms with Gasteiger partial charge in [0.05, 0.1) is 13.7 Å². The predicted molar refractivity (Wildman–Crippen MR) is 53.9 cm³/mol. The summed E-state index contributed by atoms with van der Waals surface area (Å²) in [6.45, 7) is 2.60. The van der Waals surface area contributed by atoms with Gasteiger partial charge < -0.3 is 14.2 Å². The Bertz CT molecular complexity index is 326. The van der Waals surface area contributed by atoms with Crippen molar-refractivity contribution in [1.82, 2.24) is 0 Å². The highest BCUT2D eigenvalue weighted by Crippen LogP contribution is 2.44. The van der Waals surface area contributed by atoms with Crippen LogP contribution in [0.25, 0.3) is 0 Å². The molecule has 2 fully saturated rings. The van der Waals surface area contributed by atoms with Gasteiger partial charge in [0.2, 0.25) is 0 Å². The fourth-order valence-electron chi connectivity index (χ4n) is 2.52. The Hall–Kier alpha value is -0.940. The predicted octanol–water partition coefficient (Wildman–Crippen LogP) is 0.457. The SMILES string of the molecule is COC(=O)[C@]12OCCCO[C@@]1(C)CCC2=O. The molecule has 0 aromatic carbocycles. The molecule has 0 bridgehead atoms. The van der Waals surface area contributed by atoms with Crippen molar-refractivity contribution in [3.05, 3.63) is 0 Å². The van der Waals surface area contributed by atoms with Crippen molar-refractivity contribution in [2.75, 3.05) is 20.3 Å². The van der Waals surface area contributed by atoms with Crippen molar-refractivity contribution in [1.29, 1.82) is 0 Å². The molecule has 1 saturated carbocycles. The number of ketones is 1. The van der Waals surface area contributed by atoms with Gasteiger partial charge in [-0.15, -0.1) is 0 Å². The van der Waals surface area contributed by atoms with E-state index in [9.17, 15) is 9.59 Å². The molecule has 16 heavy (non-hydrogen) atoms. The van der Waals surface area contributed by atoms with Crippen molar-refractivity contribution < 1.29 is 23.8 Å². The molecule has 1 heterocycles. The second-order valence-corrected chi connectivity index (χ2v) is 4.38. The van der Waals surface area contributed by atoms with Gasteiger partial charge in [0, 0.05) is 13.0 Å². The Morgan fingerprint density at radius 3 is 2.75 bits per heavy atom. The van der Waals surface area contributed by atoms with Crippen LogP contribution in [0.1, 0.15) is 26.2 Å². The zero-order valence-electron chi connectivity index (χ0n) is 9.58. The van der Waals surface area contributed by atoms with E-state index in [0.29, 0.717) is 32.5 Å². The molecule has 1 aliphatic heterocycles. The molecule has 0 aromatic rings. The van der Waals surface area contributed by atoms with E-state index in [1.807, 2.05) is 0 Å². The Labute approximate surface area is 94.0 Å². The Morgan fingerprint density at radius 1 is 1.38 bits per heavy atom. The third kappa shape index (κ3) is 1.31. The minimum Gasteiger partial charge on any atom is -0.466 e. The van der Waals surface area contributed by atoms with E-state index in [-0.39, 0.29) is 5.78 Å². The average Bonchev–Trinajstić information content (AvgIpc) is 2.45. The summed E-state index contributed by atoms with van der Waals surface area (Å²) in [5.41, 5.74) is -2.42. The maximum absolute atomic E-state index is 12.0. The highest BCUT2D eigenvalue weighted by atomic mass is 16.6. The third-order valence-electron chi connectivity index (χ3n) is 3.47. The molecule has 1 saturated heterocycles. The first-order chi connectivity index (χ1) is 7.57.